The monoisotopic (exact) mass is 1220 g/mol. The summed E-state index contributed by atoms with van der Waals surface area (Å²) in [6.45, 7) is 11.9. The zero-order valence-electron chi connectivity index (χ0n) is 44.0. The summed E-state index contributed by atoms with van der Waals surface area (Å²) in [5.41, 5.74) is 2.11. The first-order chi connectivity index (χ1) is 34.7. The van der Waals surface area contributed by atoms with Gasteiger partial charge < -0.3 is 30.3 Å². The Labute approximate surface area is 528 Å². The molecule has 1 saturated heterocycles. The Bertz CT molecular complexity index is 3750. The molecule has 4 aromatic rings. The van der Waals surface area contributed by atoms with Crippen molar-refractivity contribution in [1.82, 2.24) is 9.37 Å². The number of nitrogens with zero attached hydrogens (tertiary/aromatic N) is 4. The van der Waals surface area contributed by atoms with Crippen molar-refractivity contribution in [3.63, 3.8) is 0 Å². The van der Waals surface area contributed by atoms with Gasteiger partial charge in [-0.25, -0.2) is 42.8 Å². The van der Waals surface area contributed by atoms with Gasteiger partial charge in [-0.05, 0) is 79.4 Å². The summed E-state index contributed by atoms with van der Waals surface area (Å²) < 4.78 is 166. The van der Waals surface area contributed by atoms with Gasteiger partial charge in [0.05, 0.1) is 30.2 Å². The Kier molecular flexibility index (Phi) is 25.6. The van der Waals surface area contributed by atoms with E-state index in [1.807, 2.05) is 49.3 Å². The maximum atomic E-state index is 14.1. The summed E-state index contributed by atoms with van der Waals surface area (Å²) >= 11 is 0. The van der Waals surface area contributed by atoms with Crippen molar-refractivity contribution in [3.8, 4) is 0 Å². The minimum absolute atomic E-state index is 0. The first-order valence-electron chi connectivity index (χ1n) is 22.8. The molecular formula is C49H55N4Na3O18S5. The molecular weight excluding hydrogens is 1160 g/mol. The van der Waals surface area contributed by atoms with E-state index >= 15 is 0 Å². The Morgan fingerprint density at radius 2 is 1.37 bits per heavy atom. The fourth-order valence-corrected chi connectivity index (χ4v) is 13.0. The van der Waals surface area contributed by atoms with Crippen LogP contribution in [0.25, 0.3) is 21.5 Å². The Morgan fingerprint density at radius 3 is 1.94 bits per heavy atom. The molecule has 2 amide bonds. The Hall–Kier alpha value is -3.04. The number of carbonyl (C=O) groups is 3. The predicted octanol–water partition coefficient (Wildman–Crippen LogP) is -4.22. The van der Waals surface area contributed by atoms with Crippen molar-refractivity contribution in [2.45, 2.75) is 99.2 Å². The van der Waals surface area contributed by atoms with E-state index in [1.165, 1.54) is 19.2 Å². The molecule has 22 nitrogen and oxygen atoms in total. The molecule has 0 spiro atoms. The summed E-state index contributed by atoms with van der Waals surface area (Å²) in [6, 6.07) is 13.0. The molecule has 0 aliphatic carbocycles. The van der Waals surface area contributed by atoms with Crippen molar-refractivity contribution in [2.24, 2.45) is 0 Å². The van der Waals surface area contributed by atoms with Crippen LogP contribution in [0.3, 0.4) is 0 Å². The number of hydroxylamine groups is 2. The molecule has 0 radical (unpaired) electrons. The normalized spacial score (nSPS) is 16.4. The van der Waals surface area contributed by atoms with Crippen molar-refractivity contribution in [1.29, 1.82) is 0 Å². The van der Waals surface area contributed by atoms with Gasteiger partial charge in [0.1, 0.15) is 26.8 Å². The van der Waals surface area contributed by atoms with E-state index in [4.69, 9.17) is 17.5 Å². The van der Waals surface area contributed by atoms with Crippen LogP contribution in [-0.4, -0.2) is 130 Å². The number of benzene rings is 4. The first-order valence-corrected chi connectivity index (χ1v) is 29.7. The molecule has 412 valence electrons. The number of hydrogen-bond donors (Lipinski definition) is 0. The molecule has 0 atom stereocenters. The second kappa shape index (κ2) is 28.0. The van der Waals surface area contributed by atoms with Crippen LogP contribution in [0.2, 0.25) is 0 Å². The second-order valence-electron chi connectivity index (χ2n) is 18.6. The number of rotatable bonds is 18. The van der Waals surface area contributed by atoms with Gasteiger partial charge in [-0.15, -0.1) is 24.1 Å². The Balaban J connectivity index is 0.00000258. The molecule has 3 heterocycles. The summed E-state index contributed by atoms with van der Waals surface area (Å²) in [5, 5.41) is 1.50. The summed E-state index contributed by atoms with van der Waals surface area (Å²) in [4.78, 5) is 41.2. The van der Waals surface area contributed by atoms with Gasteiger partial charge in [0, 0.05) is 90.4 Å². The van der Waals surface area contributed by atoms with E-state index in [2.05, 4.69) is 6.92 Å². The average Bonchev–Trinajstić information content (AvgIpc) is 3.81. The van der Waals surface area contributed by atoms with Crippen LogP contribution in [0.15, 0.2) is 105 Å². The molecule has 0 saturated carbocycles. The molecule has 79 heavy (non-hydrogen) atoms. The van der Waals surface area contributed by atoms with Gasteiger partial charge in [0.15, 0.2) is 5.71 Å². The number of fused-ring (bicyclic) bond motifs is 6. The summed E-state index contributed by atoms with van der Waals surface area (Å²) in [5.74, 6) is -2.75. The molecule has 0 bridgehead atoms. The maximum absolute atomic E-state index is 14.1. The van der Waals surface area contributed by atoms with Crippen LogP contribution in [-0.2, 0) is 81.0 Å². The fraction of sp³-hybridized carbons (Fsp3) is 0.367. The van der Waals surface area contributed by atoms with Crippen LogP contribution >= 0.6 is 0 Å². The standard InChI is InChI=1S/C48H54N4O15S4.CH4.3Na.O3S/c1-7-25-50-37-22-20-33-35(29-31(70(61,62)63)30-39(33)71(64,65)66)46(37)48(4,5)40(50)16-9-8-10-17-41-47(2,3)45-34-14-11-15-38(32(34)19-21-36(45)51(41)27-13-28-68(56,57)58)69(59,60)49(6)26-12-18-44(55)67-52-42(53)23-24-43(52)54;;;;;1-4(2)3/h8-11,14-17,19-22,29-30H,1,7,12-13,18,23-28H2,2-6H3,(H,56,57,58)(H,61,62,63)(H,64,65,66);1H4;;;;/q;;3*+1;/p-3. The van der Waals surface area contributed by atoms with E-state index in [-0.39, 0.29) is 157 Å². The number of imide groups is 1. The van der Waals surface area contributed by atoms with Gasteiger partial charge in [0.25, 0.3) is 11.8 Å². The smallest absolute Gasteiger partial charge is 0.748 e. The maximum Gasteiger partial charge on any atom is 1.00 e. The average molecular weight is 1220 g/mol. The van der Waals surface area contributed by atoms with E-state index in [1.54, 1.807) is 48.6 Å². The van der Waals surface area contributed by atoms with Crippen molar-refractivity contribution < 1.29 is 172 Å². The second-order valence-corrected chi connectivity index (χ2v) is 25.3. The third kappa shape index (κ3) is 16.0. The molecule has 0 aromatic heterocycles. The molecule has 30 heteroatoms. The largest absolute Gasteiger partial charge is 1.00 e. The molecule has 0 N–H and O–H groups in total. The van der Waals surface area contributed by atoms with Crippen LogP contribution in [0.1, 0.15) is 84.8 Å². The van der Waals surface area contributed by atoms with Crippen LogP contribution in [0.4, 0.5) is 11.4 Å². The zero-order valence-corrected chi connectivity index (χ0v) is 54.1. The number of anilines is 1. The SMILES string of the molecule is C.O=S(=O)=O.[CH2-]CC[N+]1=C(C=CC=CC=C2N(CCCS(=O)(=O)[O-])c3ccc4c(S(=O)(=O)N(C)CCCC(=O)ON5C(=O)CCC5=O)cccc4c3C2(C)C)C(C)(C)c2c1ccc1c(S(=O)(=O)[O-])cc(S(=O)(=O)[O-])cc21.[Na+].[Na+].[Na+]. The van der Waals surface area contributed by atoms with E-state index < -0.39 is 95.1 Å². The van der Waals surface area contributed by atoms with Gasteiger partial charge in [0.2, 0.25) is 15.7 Å². The number of allylic oxidation sites excluding steroid dienone is 6. The van der Waals surface area contributed by atoms with Gasteiger partial charge in [-0.2, -0.15) is 4.58 Å². The van der Waals surface area contributed by atoms with Crippen molar-refractivity contribution in [3.05, 3.63) is 109 Å². The van der Waals surface area contributed by atoms with Gasteiger partial charge >= 0.3 is 105 Å². The topological polar surface area (TPSA) is 330 Å². The Morgan fingerprint density at radius 1 is 0.772 bits per heavy atom. The number of sulfonamides is 1. The molecule has 1 fully saturated rings. The van der Waals surface area contributed by atoms with Crippen molar-refractivity contribution in [2.75, 3.05) is 37.3 Å². The number of amides is 2. The van der Waals surface area contributed by atoms with E-state index in [0.29, 0.717) is 63.2 Å². The summed E-state index contributed by atoms with van der Waals surface area (Å²) in [6.07, 6.45) is 8.93. The minimum Gasteiger partial charge on any atom is -0.748 e. The minimum atomic E-state index is -5.21. The quantitative estimate of drug-likeness (QED) is 0.0228. The van der Waals surface area contributed by atoms with Gasteiger partial charge in [-0.3, -0.25) is 9.59 Å². The van der Waals surface area contributed by atoms with E-state index in [0.717, 1.165) is 15.9 Å². The van der Waals surface area contributed by atoms with Crippen LogP contribution in [0.5, 0.6) is 0 Å². The predicted molar refractivity (Wildman–Crippen MR) is 275 cm³/mol. The molecule has 4 aromatic carbocycles. The zero-order chi connectivity index (χ0) is 55.8. The van der Waals surface area contributed by atoms with Gasteiger partial charge in [-0.1, -0.05) is 57.7 Å². The van der Waals surface area contributed by atoms with E-state index in [9.17, 15) is 61.7 Å². The number of hydrogen-bond acceptors (Lipinski definition) is 19. The molecule has 7 rings (SSSR count). The third-order valence-electron chi connectivity index (χ3n) is 12.9. The third-order valence-corrected chi connectivity index (χ3v) is 17.3. The molecule has 0 unspecified atom stereocenters. The molecule has 3 aliphatic heterocycles. The van der Waals surface area contributed by atoms with Crippen LogP contribution < -0.4 is 93.6 Å². The molecule has 3 aliphatic rings. The fourth-order valence-electron chi connectivity index (χ4n) is 9.74. The number of carbonyl (C=O) groups excluding carboxylic acids is 3. The van der Waals surface area contributed by atoms with Crippen molar-refractivity contribution >= 4 is 107 Å². The first kappa shape index (κ1) is 72.1. The summed E-state index contributed by atoms with van der Waals surface area (Å²) in [7, 11) is -20.9. The van der Waals surface area contributed by atoms with Crippen LogP contribution in [0, 0.1) is 6.92 Å².